The van der Waals surface area contributed by atoms with Crippen molar-refractivity contribution in [2.24, 2.45) is 0 Å². The molecule has 9 nitrogen and oxygen atoms in total. The third-order valence-corrected chi connectivity index (χ3v) is 5.83. The lowest BCUT2D eigenvalue weighted by Crippen LogP contribution is -2.40. The van der Waals surface area contributed by atoms with Gasteiger partial charge in [0.05, 0.1) is 19.9 Å². The number of ether oxygens (including phenoxy) is 6. The lowest BCUT2D eigenvalue weighted by molar-refractivity contribution is 0.173. The van der Waals surface area contributed by atoms with Crippen molar-refractivity contribution in [1.29, 1.82) is 0 Å². The first-order chi connectivity index (χ1) is 17.1. The Morgan fingerprint density at radius 2 is 1.40 bits per heavy atom. The van der Waals surface area contributed by atoms with Gasteiger partial charge in [0, 0.05) is 12.1 Å². The van der Waals surface area contributed by atoms with Crippen LogP contribution in [0.25, 0.3) is 0 Å². The Labute approximate surface area is 202 Å². The summed E-state index contributed by atoms with van der Waals surface area (Å²) in [5, 5.41) is 5.97. The molecule has 2 aliphatic rings. The number of anilines is 1. The van der Waals surface area contributed by atoms with E-state index < -0.39 is 0 Å². The molecule has 182 valence electrons. The minimum atomic E-state index is -0.347. The Morgan fingerprint density at radius 3 is 1.97 bits per heavy atom. The molecule has 3 aromatic rings. The molecule has 0 unspecified atom stereocenters. The molecule has 2 amide bonds. The Balaban J connectivity index is 1.33. The van der Waals surface area contributed by atoms with Gasteiger partial charge in [-0.15, -0.1) is 0 Å². The van der Waals surface area contributed by atoms with Crippen LogP contribution in [0.5, 0.6) is 34.5 Å². The van der Waals surface area contributed by atoms with Gasteiger partial charge in [-0.05, 0) is 60.4 Å². The van der Waals surface area contributed by atoms with E-state index in [9.17, 15) is 4.79 Å². The molecular formula is C26H26N2O7. The van der Waals surface area contributed by atoms with Crippen LogP contribution >= 0.6 is 0 Å². The SMILES string of the molecule is COc1ccc(NC(=O)NC(Cc2ccc3c(c2)OCO3)Cc2ccc3c(c2)OCO3)c(OC)c1. The van der Waals surface area contributed by atoms with E-state index >= 15 is 0 Å². The number of hydrogen-bond donors (Lipinski definition) is 2. The fourth-order valence-electron chi connectivity index (χ4n) is 4.12. The smallest absolute Gasteiger partial charge is 0.319 e. The van der Waals surface area contributed by atoms with E-state index in [2.05, 4.69) is 10.6 Å². The minimum Gasteiger partial charge on any atom is -0.497 e. The van der Waals surface area contributed by atoms with Crippen LogP contribution in [0.4, 0.5) is 10.5 Å². The van der Waals surface area contributed by atoms with Gasteiger partial charge in [-0.2, -0.15) is 0 Å². The zero-order chi connectivity index (χ0) is 24.2. The molecule has 0 atom stereocenters. The molecule has 5 rings (SSSR count). The van der Waals surface area contributed by atoms with Crippen LogP contribution in [0.2, 0.25) is 0 Å². The maximum atomic E-state index is 13.0. The molecule has 2 N–H and O–H groups in total. The maximum absolute atomic E-state index is 13.0. The predicted molar refractivity (Wildman–Crippen MR) is 128 cm³/mol. The Hall–Kier alpha value is -4.27. The number of fused-ring (bicyclic) bond motifs is 2. The Bertz CT molecular complexity index is 1170. The number of urea groups is 1. The van der Waals surface area contributed by atoms with Crippen LogP contribution in [-0.2, 0) is 12.8 Å². The van der Waals surface area contributed by atoms with Crippen LogP contribution in [0.3, 0.4) is 0 Å². The second-order valence-corrected chi connectivity index (χ2v) is 8.15. The number of methoxy groups -OCH3 is 2. The van der Waals surface area contributed by atoms with E-state index in [1.165, 1.54) is 0 Å². The zero-order valence-corrected chi connectivity index (χ0v) is 19.5. The molecule has 3 aromatic carbocycles. The average Bonchev–Trinajstić information content (AvgIpc) is 3.53. The Kier molecular flexibility index (Phi) is 6.38. The fourth-order valence-corrected chi connectivity index (χ4v) is 4.12. The van der Waals surface area contributed by atoms with Gasteiger partial charge in [0.1, 0.15) is 11.5 Å². The van der Waals surface area contributed by atoms with Crippen molar-refractivity contribution in [2.75, 3.05) is 33.1 Å². The molecule has 0 aliphatic carbocycles. The minimum absolute atomic E-state index is 0.212. The standard InChI is InChI=1S/C26H26N2O7/c1-30-19-5-6-20(23(13-19)31-2)28-26(29)27-18(9-16-3-7-21-24(11-16)34-14-32-21)10-17-4-8-22-25(12-17)35-15-33-22/h3-8,11-13,18H,9-10,14-15H2,1-2H3,(H2,27,28,29). The summed E-state index contributed by atoms with van der Waals surface area (Å²) in [6, 6.07) is 16.3. The highest BCUT2D eigenvalue weighted by atomic mass is 16.7. The lowest BCUT2D eigenvalue weighted by Gasteiger charge is -2.21. The largest absolute Gasteiger partial charge is 0.497 e. The quantitative estimate of drug-likeness (QED) is 0.502. The first-order valence-electron chi connectivity index (χ1n) is 11.2. The van der Waals surface area contributed by atoms with Gasteiger partial charge in [-0.3, -0.25) is 0 Å². The number of benzene rings is 3. The van der Waals surface area contributed by atoms with E-state index in [-0.39, 0.29) is 25.7 Å². The van der Waals surface area contributed by atoms with E-state index in [1.54, 1.807) is 32.4 Å². The number of rotatable bonds is 8. The first kappa shape index (κ1) is 22.5. The van der Waals surface area contributed by atoms with Gasteiger partial charge in [0.25, 0.3) is 0 Å². The van der Waals surface area contributed by atoms with Crippen molar-refractivity contribution in [3.05, 3.63) is 65.7 Å². The number of carbonyl (C=O) groups is 1. The highest BCUT2D eigenvalue weighted by Gasteiger charge is 2.20. The van der Waals surface area contributed by atoms with Crippen molar-refractivity contribution in [2.45, 2.75) is 18.9 Å². The summed E-state index contributed by atoms with van der Waals surface area (Å²) in [5.41, 5.74) is 2.57. The fraction of sp³-hybridized carbons (Fsp3) is 0.269. The molecular weight excluding hydrogens is 452 g/mol. The monoisotopic (exact) mass is 478 g/mol. The van der Waals surface area contributed by atoms with E-state index in [0.29, 0.717) is 41.5 Å². The molecule has 9 heteroatoms. The summed E-state index contributed by atoms with van der Waals surface area (Å²) in [4.78, 5) is 13.0. The third kappa shape index (κ3) is 5.13. The van der Waals surface area contributed by atoms with E-state index in [0.717, 1.165) is 22.6 Å². The average molecular weight is 479 g/mol. The molecule has 0 fully saturated rings. The molecule has 2 aliphatic heterocycles. The summed E-state index contributed by atoms with van der Waals surface area (Å²) >= 11 is 0. The molecule has 0 bridgehead atoms. The first-order valence-corrected chi connectivity index (χ1v) is 11.2. The normalized spacial score (nSPS) is 13.0. The Morgan fingerprint density at radius 1 is 0.800 bits per heavy atom. The van der Waals surface area contributed by atoms with Crippen LogP contribution in [0, 0.1) is 0 Å². The topological polar surface area (TPSA) is 96.5 Å². The summed E-state index contributed by atoms with van der Waals surface area (Å²) in [7, 11) is 3.12. The summed E-state index contributed by atoms with van der Waals surface area (Å²) in [6.45, 7) is 0.424. The van der Waals surface area contributed by atoms with Crippen molar-refractivity contribution >= 4 is 11.7 Å². The van der Waals surface area contributed by atoms with Crippen molar-refractivity contribution < 1.29 is 33.2 Å². The second kappa shape index (κ2) is 9.92. The molecule has 35 heavy (non-hydrogen) atoms. The summed E-state index contributed by atoms with van der Waals surface area (Å²) in [5.74, 6) is 3.99. The van der Waals surface area contributed by atoms with Crippen molar-refractivity contribution in [1.82, 2.24) is 5.32 Å². The molecule has 0 spiro atoms. The van der Waals surface area contributed by atoms with Crippen LogP contribution in [0.15, 0.2) is 54.6 Å². The molecule has 2 heterocycles. The zero-order valence-electron chi connectivity index (χ0n) is 19.5. The molecule has 0 saturated heterocycles. The highest BCUT2D eigenvalue weighted by Crippen LogP contribution is 2.35. The highest BCUT2D eigenvalue weighted by molar-refractivity contribution is 5.91. The number of carbonyl (C=O) groups excluding carboxylic acids is 1. The van der Waals surface area contributed by atoms with Crippen LogP contribution in [-0.4, -0.2) is 39.9 Å². The van der Waals surface area contributed by atoms with Crippen molar-refractivity contribution in [3.8, 4) is 34.5 Å². The van der Waals surface area contributed by atoms with Gasteiger partial charge in [0.15, 0.2) is 23.0 Å². The third-order valence-electron chi connectivity index (χ3n) is 5.83. The van der Waals surface area contributed by atoms with Crippen molar-refractivity contribution in [3.63, 3.8) is 0 Å². The van der Waals surface area contributed by atoms with Crippen LogP contribution < -0.4 is 39.1 Å². The number of nitrogens with one attached hydrogen (secondary N) is 2. The van der Waals surface area contributed by atoms with Gasteiger partial charge < -0.3 is 39.1 Å². The molecule has 0 radical (unpaired) electrons. The molecule has 0 aromatic heterocycles. The van der Waals surface area contributed by atoms with E-state index in [4.69, 9.17) is 28.4 Å². The maximum Gasteiger partial charge on any atom is 0.319 e. The van der Waals surface area contributed by atoms with Gasteiger partial charge in [-0.1, -0.05) is 12.1 Å². The summed E-state index contributed by atoms with van der Waals surface area (Å²) < 4.78 is 32.5. The number of hydrogen-bond acceptors (Lipinski definition) is 7. The van der Waals surface area contributed by atoms with Gasteiger partial charge >= 0.3 is 6.03 Å². The summed E-state index contributed by atoms with van der Waals surface area (Å²) in [6.07, 6.45) is 1.16. The van der Waals surface area contributed by atoms with Gasteiger partial charge in [0.2, 0.25) is 13.6 Å². The molecule has 0 saturated carbocycles. The second-order valence-electron chi connectivity index (χ2n) is 8.15. The number of amides is 2. The van der Waals surface area contributed by atoms with Crippen LogP contribution in [0.1, 0.15) is 11.1 Å². The lowest BCUT2D eigenvalue weighted by atomic mass is 9.98. The predicted octanol–water partition coefficient (Wildman–Crippen LogP) is 4.14. The van der Waals surface area contributed by atoms with Gasteiger partial charge in [-0.25, -0.2) is 4.79 Å². The van der Waals surface area contributed by atoms with E-state index in [1.807, 2.05) is 36.4 Å².